The van der Waals surface area contributed by atoms with E-state index in [9.17, 15) is 0 Å². The predicted octanol–water partition coefficient (Wildman–Crippen LogP) is 5.96. The second-order valence-electron chi connectivity index (χ2n) is 6.50. The molecule has 0 aromatic heterocycles. The molecule has 2 rings (SSSR count). The molecule has 2 nitrogen and oxygen atoms in total. The topological polar surface area (TPSA) is 18.5 Å². The maximum Gasteiger partial charge on any atom is 0.146 e. The van der Waals surface area contributed by atoms with Gasteiger partial charge in [0.25, 0.3) is 0 Å². The molecule has 0 fully saturated rings. The lowest BCUT2D eigenvalue weighted by atomic mass is 9.78. The Morgan fingerprint density at radius 3 is 1.48 bits per heavy atom. The molecule has 1 unspecified atom stereocenters. The van der Waals surface area contributed by atoms with Gasteiger partial charge in [-0.3, -0.25) is 0 Å². The monoisotopic (exact) mass is 424 g/mol. The zero-order valence-electron chi connectivity index (χ0n) is 14.5. The minimum absolute atomic E-state index is 0.0647. The molecule has 1 atom stereocenters. The van der Waals surface area contributed by atoms with Crippen LogP contribution in [0.1, 0.15) is 45.7 Å². The Balaban J connectivity index is 2.19. The zero-order valence-corrected chi connectivity index (χ0v) is 16.6. The smallest absolute Gasteiger partial charge is 0.146 e. The van der Waals surface area contributed by atoms with Crippen LogP contribution < -0.4 is 9.47 Å². The quantitative estimate of drug-likeness (QED) is 0.421. The SMILES string of the molecule is CC(C)Oc1ccc(C(C)(C)c2ccc(OC(C)I)cc2)cc1. The fraction of sp³-hybridized carbons (Fsp3) is 0.400. The summed E-state index contributed by atoms with van der Waals surface area (Å²) >= 11 is 2.26. The zero-order chi connectivity index (χ0) is 17.0. The van der Waals surface area contributed by atoms with E-state index in [0.717, 1.165) is 11.5 Å². The molecule has 0 aliphatic heterocycles. The molecule has 23 heavy (non-hydrogen) atoms. The molecule has 0 spiro atoms. The van der Waals surface area contributed by atoms with Crippen molar-refractivity contribution in [3.05, 3.63) is 59.7 Å². The van der Waals surface area contributed by atoms with Crippen molar-refractivity contribution >= 4 is 22.6 Å². The molecule has 2 aromatic carbocycles. The summed E-state index contributed by atoms with van der Waals surface area (Å²) in [4.78, 5) is 0. The van der Waals surface area contributed by atoms with Crippen LogP contribution in [-0.2, 0) is 5.41 Å². The van der Waals surface area contributed by atoms with E-state index in [4.69, 9.17) is 9.47 Å². The third kappa shape index (κ3) is 4.87. The number of hydrogen-bond acceptors (Lipinski definition) is 2. The second-order valence-corrected chi connectivity index (χ2v) is 8.26. The van der Waals surface area contributed by atoms with Crippen molar-refractivity contribution in [2.75, 3.05) is 0 Å². The first kappa shape index (κ1) is 18.1. The van der Waals surface area contributed by atoms with Crippen molar-refractivity contribution in [3.63, 3.8) is 0 Å². The van der Waals surface area contributed by atoms with Crippen LogP contribution in [0.15, 0.2) is 48.5 Å². The molecule has 0 bridgehead atoms. The highest BCUT2D eigenvalue weighted by Gasteiger charge is 2.23. The van der Waals surface area contributed by atoms with Gasteiger partial charge in [-0.15, -0.1) is 0 Å². The van der Waals surface area contributed by atoms with Gasteiger partial charge in [-0.05, 0) is 78.8 Å². The van der Waals surface area contributed by atoms with E-state index in [-0.39, 0.29) is 15.6 Å². The Labute approximate surface area is 153 Å². The minimum atomic E-state index is -0.0647. The van der Waals surface area contributed by atoms with E-state index >= 15 is 0 Å². The average molecular weight is 424 g/mol. The lowest BCUT2D eigenvalue weighted by molar-refractivity contribution is 0.242. The number of ether oxygens (including phenoxy) is 2. The van der Waals surface area contributed by atoms with Crippen LogP contribution >= 0.6 is 22.6 Å². The third-order valence-electron chi connectivity index (χ3n) is 3.82. The van der Waals surface area contributed by atoms with Gasteiger partial charge < -0.3 is 9.47 Å². The van der Waals surface area contributed by atoms with Gasteiger partial charge in [0.2, 0.25) is 0 Å². The van der Waals surface area contributed by atoms with Gasteiger partial charge in [-0.25, -0.2) is 0 Å². The molecule has 0 aliphatic rings. The third-order valence-corrected chi connectivity index (χ3v) is 4.08. The van der Waals surface area contributed by atoms with E-state index in [1.165, 1.54) is 11.1 Å². The molecule has 2 aromatic rings. The normalized spacial score (nSPS) is 13.0. The summed E-state index contributed by atoms with van der Waals surface area (Å²) in [6.45, 7) is 10.6. The predicted molar refractivity (Wildman–Crippen MR) is 105 cm³/mol. The lowest BCUT2D eigenvalue weighted by Gasteiger charge is -2.26. The highest BCUT2D eigenvalue weighted by molar-refractivity contribution is 14.1. The van der Waals surface area contributed by atoms with Crippen LogP contribution in [0.3, 0.4) is 0 Å². The van der Waals surface area contributed by atoms with Crippen LogP contribution in [0.25, 0.3) is 0 Å². The maximum absolute atomic E-state index is 5.72. The highest BCUT2D eigenvalue weighted by atomic mass is 127. The van der Waals surface area contributed by atoms with E-state index in [1.807, 2.05) is 45.0 Å². The molecule has 124 valence electrons. The van der Waals surface area contributed by atoms with Gasteiger partial charge in [0.1, 0.15) is 15.6 Å². The van der Waals surface area contributed by atoms with Crippen LogP contribution in [0.4, 0.5) is 0 Å². The van der Waals surface area contributed by atoms with Crippen molar-refractivity contribution < 1.29 is 9.47 Å². The van der Waals surface area contributed by atoms with Gasteiger partial charge in [-0.2, -0.15) is 0 Å². The molecule has 0 saturated heterocycles. The Hall–Kier alpha value is -1.23. The number of alkyl halides is 1. The summed E-state index contributed by atoms with van der Waals surface area (Å²) < 4.78 is 11.6. The van der Waals surface area contributed by atoms with E-state index in [1.54, 1.807) is 0 Å². The highest BCUT2D eigenvalue weighted by Crippen LogP contribution is 2.33. The van der Waals surface area contributed by atoms with E-state index < -0.39 is 0 Å². The first-order valence-corrected chi connectivity index (χ1v) is 9.22. The summed E-state index contributed by atoms with van der Waals surface area (Å²) in [6, 6.07) is 16.8. The largest absolute Gasteiger partial charge is 0.491 e. The number of benzene rings is 2. The van der Waals surface area contributed by atoms with Gasteiger partial charge in [0, 0.05) is 5.41 Å². The molecule has 0 N–H and O–H groups in total. The van der Waals surface area contributed by atoms with Crippen LogP contribution in [0, 0.1) is 0 Å². The molecule has 0 saturated carbocycles. The van der Waals surface area contributed by atoms with Crippen molar-refractivity contribution in [1.29, 1.82) is 0 Å². The first-order chi connectivity index (χ1) is 10.8. The lowest BCUT2D eigenvalue weighted by Crippen LogP contribution is -2.19. The van der Waals surface area contributed by atoms with Crippen LogP contribution in [-0.4, -0.2) is 10.2 Å². The summed E-state index contributed by atoms with van der Waals surface area (Å²) in [6.07, 6.45) is 0.196. The van der Waals surface area contributed by atoms with Crippen molar-refractivity contribution in [3.8, 4) is 11.5 Å². The standard InChI is InChI=1S/C20H25IO2/c1-14(2)22-18-10-6-16(7-11-18)20(4,5)17-8-12-19(13-9-17)23-15(3)21/h6-15H,1-5H3. The molecule has 0 radical (unpaired) electrons. The number of hydrogen-bond donors (Lipinski definition) is 0. The summed E-state index contributed by atoms with van der Waals surface area (Å²) in [5.41, 5.74) is 2.47. The van der Waals surface area contributed by atoms with Crippen LogP contribution in [0.2, 0.25) is 0 Å². The van der Waals surface area contributed by atoms with Gasteiger partial charge >= 0.3 is 0 Å². The Morgan fingerprint density at radius 2 is 1.13 bits per heavy atom. The van der Waals surface area contributed by atoms with Gasteiger partial charge in [0.15, 0.2) is 0 Å². The molecular formula is C20H25IO2. The fourth-order valence-electron chi connectivity index (χ4n) is 2.53. The fourth-order valence-corrected chi connectivity index (χ4v) is 2.82. The summed E-state index contributed by atoms with van der Waals surface area (Å²) in [5, 5.41) is 0. The molecule has 0 heterocycles. The maximum atomic E-state index is 5.72. The molecular weight excluding hydrogens is 399 g/mol. The summed E-state index contributed by atoms with van der Waals surface area (Å²) in [7, 11) is 0. The first-order valence-electron chi connectivity index (χ1n) is 7.97. The Morgan fingerprint density at radius 1 is 0.739 bits per heavy atom. The van der Waals surface area contributed by atoms with Crippen molar-refractivity contribution in [2.45, 2.75) is 50.2 Å². The van der Waals surface area contributed by atoms with Gasteiger partial charge in [0.05, 0.1) is 6.10 Å². The van der Waals surface area contributed by atoms with Crippen LogP contribution in [0.5, 0.6) is 11.5 Å². The Bertz CT molecular complexity index is 558. The minimum Gasteiger partial charge on any atom is -0.491 e. The number of halogens is 1. The number of rotatable bonds is 6. The molecule has 0 amide bonds. The molecule has 3 heteroatoms. The second kappa shape index (κ2) is 7.56. The van der Waals surface area contributed by atoms with E-state index in [2.05, 4.69) is 60.7 Å². The van der Waals surface area contributed by atoms with Crippen molar-refractivity contribution in [2.24, 2.45) is 0 Å². The van der Waals surface area contributed by atoms with Crippen molar-refractivity contribution in [1.82, 2.24) is 0 Å². The van der Waals surface area contributed by atoms with E-state index in [0.29, 0.717) is 0 Å². The average Bonchev–Trinajstić information content (AvgIpc) is 2.47. The summed E-state index contributed by atoms with van der Waals surface area (Å²) in [5.74, 6) is 1.83. The Kier molecular flexibility index (Phi) is 5.95. The molecule has 0 aliphatic carbocycles. The van der Waals surface area contributed by atoms with Gasteiger partial charge in [-0.1, -0.05) is 38.1 Å².